The molecule has 3 heterocycles. The summed E-state index contributed by atoms with van der Waals surface area (Å²) in [7, 11) is 5.11. The summed E-state index contributed by atoms with van der Waals surface area (Å²) >= 11 is 14.2. The number of carbonyl (C=O) groups excluding carboxylic acids is 2. The zero-order chi connectivity index (χ0) is 32.6. The molecule has 0 amide bonds. The minimum absolute atomic E-state index is 0.133. The largest absolute Gasteiger partial charge is 0.493 e. The van der Waals surface area contributed by atoms with Crippen LogP contribution in [0.2, 0.25) is 10.0 Å². The molecule has 12 heteroatoms. The summed E-state index contributed by atoms with van der Waals surface area (Å²) in [5.74, 6) is 0.215. The Morgan fingerprint density at radius 2 is 1.74 bits per heavy atom. The van der Waals surface area contributed by atoms with Gasteiger partial charge < -0.3 is 23.8 Å². The van der Waals surface area contributed by atoms with Crippen molar-refractivity contribution in [1.82, 2.24) is 10.2 Å². The number of benzene rings is 2. The van der Waals surface area contributed by atoms with Gasteiger partial charge >= 0.3 is 11.9 Å². The van der Waals surface area contributed by atoms with Crippen molar-refractivity contribution in [2.75, 3.05) is 34.4 Å². The Balaban J connectivity index is 1.31. The standard InChI is InChI=1S/C34H35Cl2N3O6S/c1-39-14-13-23(20-39)44-34(41)32(21-7-5-4-6-8-21)38-17-24-10-12-31(46-24)33(40)45-29(16-25-26(35)18-37-19-27(25)36)22-9-11-28(42-2)30(15-22)43-3/h4-12,15,18-19,23,29,32,38H,13-14,16-17,20H2,1-3H3/p+1/t23-,29-,32?/m0/s1. The number of methoxy groups -OCH3 is 2. The van der Waals surface area contributed by atoms with Gasteiger partial charge in [0.15, 0.2) is 23.9 Å². The Bertz CT molecular complexity index is 1630. The molecule has 3 atom stereocenters. The fourth-order valence-electron chi connectivity index (χ4n) is 5.32. The highest BCUT2D eigenvalue weighted by atomic mass is 35.5. The first-order chi connectivity index (χ1) is 22.2. The van der Waals surface area contributed by atoms with Crippen molar-refractivity contribution < 1.29 is 33.5 Å². The van der Waals surface area contributed by atoms with E-state index in [2.05, 4.69) is 15.2 Å². The first kappa shape index (κ1) is 33.7. The molecule has 2 aromatic carbocycles. The van der Waals surface area contributed by atoms with Crippen molar-refractivity contribution in [3.8, 4) is 11.5 Å². The number of hydrogen-bond donors (Lipinski definition) is 1. The van der Waals surface area contributed by atoms with Gasteiger partial charge in [-0.3, -0.25) is 5.32 Å². The maximum Gasteiger partial charge on any atom is 0.348 e. The molecule has 5 rings (SSSR count). The first-order valence-electron chi connectivity index (χ1n) is 14.8. The molecule has 9 nitrogen and oxygen atoms in total. The number of halogens is 2. The van der Waals surface area contributed by atoms with E-state index < -0.39 is 18.1 Å². The monoisotopic (exact) mass is 684 g/mol. The van der Waals surface area contributed by atoms with Gasteiger partial charge in [0.05, 0.1) is 14.2 Å². The number of hydrogen-bond acceptors (Lipinski definition) is 9. The van der Waals surface area contributed by atoms with Crippen LogP contribution in [0.4, 0.5) is 0 Å². The van der Waals surface area contributed by atoms with Crippen molar-refractivity contribution in [2.24, 2.45) is 0 Å². The molecule has 1 aliphatic heterocycles. The lowest BCUT2D eigenvalue weighted by atomic mass is 10.0. The van der Waals surface area contributed by atoms with Crippen LogP contribution in [0.3, 0.4) is 0 Å². The second-order valence-corrected chi connectivity index (χ2v) is 12.9. The van der Waals surface area contributed by atoms with Crippen molar-refractivity contribution in [2.45, 2.75) is 37.6 Å². The van der Waals surface area contributed by atoms with Gasteiger partial charge in [-0.1, -0.05) is 59.6 Å². The predicted octanol–water partition coefficient (Wildman–Crippen LogP) is 6.11. The second kappa shape index (κ2) is 15.8. The topological polar surface area (TPSA) is 100 Å². The normalized spacial score (nSPS) is 16.1. The number of carbonyl (C=O) groups is 2. The number of nitrogens with zero attached hydrogens (tertiary/aromatic N) is 1. The quantitative estimate of drug-likeness (QED) is 0.169. The number of thiophene rings is 1. The highest BCUT2D eigenvalue weighted by Gasteiger charge is 2.29. The van der Waals surface area contributed by atoms with Gasteiger partial charge in [0, 0.05) is 36.5 Å². The number of likely N-dealkylation sites (tertiary alicyclic amines) is 1. The number of ether oxygens (including phenoxy) is 4. The number of pyridine rings is 1. The Hall–Kier alpha value is -3.67. The molecule has 0 spiro atoms. The number of rotatable bonds is 13. The molecule has 2 N–H and O–H groups in total. The van der Waals surface area contributed by atoms with Gasteiger partial charge in [-0.25, -0.2) is 14.6 Å². The summed E-state index contributed by atoms with van der Waals surface area (Å²) in [5.41, 5.74) is 2.12. The van der Waals surface area contributed by atoms with Crippen LogP contribution in [-0.2, 0) is 27.2 Å². The van der Waals surface area contributed by atoms with Crippen LogP contribution < -0.4 is 19.8 Å². The molecule has 1 unspecified atom stereocenters. The van der Waals surface area contributed by atoms with Crippen molar-refractivity contribution in [3.05, 3.63) is 110 Å². The van der Waals surface area contributed by atoms with Crippen LogP contribution in [0, 0.1) is 0 Å². The molecule has 0 radical (unpaired) electrons. The summed E-state index contributed by atoms with van der Waals surface area (Å²) in [6.45, 7) is 1.96. The van der Waals surface area contributed by atoms with Crippen LogP contribution in [0.1, 0.15) is 49.8 Å². The molecule has 1 fully saturated rings. The summed E-state index contributed by atoms with van der Waals surface area (Å²) < 4.78 is 22.8. The maximum absolute atomic E-state index is 13.5. The molecule has 0 bridgehead atoms. The van der Waals surface area contributed by atoms with Gasteiger partial charge in [0.1, 0.15) is 33.2 Å². The van der Waals surface area contributed by atoms with E-state index in [1.54, 1.807) is 44.8 Å². The number of nitrogens with one attached hydrogen (secondary N) is 2. The predicted molar refractivity (Wildman–Crippen MR) is 177 cm³/mol. The van der Waals surface area contributed by atoms with E-state index in [4.69, 9.17) is 42.1 Å². The van der Waals surface area contributed by atoms with Crippen molar-refractivity contribution >= 4 is 46.5 Å². The number of aromatic nitrogens is 1. The minimum atomic E-state index is -0.736. The molecular weight excluding hydrogens is 649 g/mol. The number of esters is 2. The number of H-pyrrole nitrogens is 1. The van der Waals surface area contributed by atoms with Gasteiger partial charge in [0.25, 0.3) is 0 Å². The third-order valence-corrected chi connectivity index (χ3v) is 9.50. The highest BCUT2D eigenvalue weighted by molar-refractivity contribution is 7.13. The van der Waals surface area contributed by atoms with E-state index in [1.807, 2.05) is 49.5 Å². The maximum atomic E-state index is 13.5. The van der Waals surface area contributed by atoms with E-state index in [0.29, 0.717) is 44.1 Å². The van der Waals surface area contributed by atoms with Crippen LogP contribution in [0.15, 0.2) is 73.1 Å². The second-order valence-electron chi connectivity index (χ2n) is 10.9. The zero-order valence-corrected chi connectivity index (χ0v) is 28.1. The SMILES string of the molecule is COc1ccc([C@H](Cc2c(Cl)c[nH+]cc2Cl)OC(=O)c2ccc(CNC(C(=O)O[C@H]3CCN(C)C3)c3ccccc3)s2)cc1OC. The highest BCUT2D eigenvalue weighted by Crippen LogP contribution is 2.36. The van der Waals surface area contributed by atoms with Crippen molar-refractivity contribution in [1.29, 1.82) is 0 Å². The lowest BCUT2D eigenvalue weighted by molar-refractivity contribution is -0.377. The molecule has 46 heavy (non-hydrogen) atoms. The van der Waals surface area contributed by atoms with Gasteiger partial charge in [-0.05, 0) is 48.9 Å². The minimum Gasteiger partial charge on any atom is -0.493 e. The Labute approximate surface area is 282 Å². The molecule has 1 saturated heterocycles. The van der Waals surface area contributed by atoms with E-state index >= 15 is 0 Å². The van der Waals surface area contributed by atoms with Crippen LogP contribution in [0.25, 0.3) is 0 Å². The molecule has 0 saturated carbocycles. The van der Waals surface area contributed by atoms with E-state index in [1.165, 1.54) is 11.3 Å². The Morgan fingerprint density at radius 1 is 1.00 bits per heavy atom. The molecule has 2 aromatic heterocycles. The van der Waals surface area contributed by atoms with Gasteiger partial charge in [-0.15, -0.1) is 11.3 Å². The van der Waals surface area contributed by atoms with Crippen LogP contribution >= 0.6 is 34.5 Å². The third-order valence-electron chi connectivity index (χ3n) is 7.76. The van der Waals surface area contributed by atoms with Gasteiger partial charge in [0.2, 0.25) is 0 Å². The van der Waals surface area contributed by atoms with E-state index in [9.17, 15) is 9.59 Å². The lowest BCUT2D eigenvalue weighted by Gasteiger charge is -2.21. The fraction of sp³-hybridized carbons (Fsp3) is 0.324. The average molecular weight is 686 g/mol. The summed E-state index contributed by atoms with van der Waals surface area (Å²) in [6.07, 6.45) is 3.42. The zero-order valence-electron chi connectivity index (χ0n) is 25.8. The smallest absolute Gasteiger partial charge is 0.348 e. The van der Waals surface area contributed by atoms with E-state index in [0.717, 1.165) is 30.0 Å². The van der Waals surface area contributed by atoms with Crippen molar-refractivity contribution in [3.63, 3.8) is 0 Å². The summed E-state index contributed by atoms with van der Waals surface area (Å²) in [5, 5.41) is 4.18. The summed E-state index contributed by atoms with van der Waals surface area (Å²) in [4.78, 5) is 33.1. The Kier molecular flexibility index (Phi) is 11.5. The van der Waals surface area contributed by atoms with Gasteiger partial charge in [-0.2, -0.15) is 0 Å². The molecular formula is C34H36Cl2N3O6S+. The lowest BCUT2D eigenvalue weighted by Crippen LogP contribution is -2.33. The summed E-state index contributed by atoms with van der Waals surface area (Å²) in [6, 6.07) is 17.7. The Morgan fingerprint density at radius 3 is 2.41 bits per heavy atom. The molecule has 242 valence electrons. The van der Waals surface area contributed by atoms with E-state index in [-0.39, 0.29) is 18.5 Å². The number of likely N-dealkylation sites (N-methyl/N-ethyl adjacent to an activating group) is 1. The molecule has 0 aliphatic carbocycles. The number of aromatic amines is 1. The molecule has 4 aromatic rings. The van der Waals surface area contributed by atoms with Crippen LogP contribution in [0.5, 0.6) is 11.5 Å². The third kappa shape index (κ3) is 8.37. The fourth-order valence-corrected chi connectivity index (χ4v) is 6.69. The van der Waals surface area contributed by atoms with Crippen LogP contribution in [-0.4, -0.2) is 57.3 Å². The molecule has 1 aliphatic rings. The average Bonchev–Trinajstić information content (AvgIpc) is 3.71. The first-order valence-corrected chi connectivity index (χ1v) is 16.4.